The number of rotatable bonds is 5. The molecule has 3 aromatic rings. The number of ketones is 1. The molecule has 0 bridgehead atoms. The number of nitrogen functional groups attached to an aromatic ring is 1. The van der Waals surface area contributed by atoms with Crippen LogP contribution in [0.3, 0.4) is 0 Å². The van der Waals surface area contributed by atoms with Crippen LogP contribution >= 0.6 is 11.3 Å². The highest BCUT2D eigenvalue weighted by molar-refractivity contribution is 7.18. The number of benzene rings is 1. The van der Waals surface area contributed by atoms with E-state index in [4.69, 9.17) is 10.3 Å². The summed E-state index contributed by atoms with van der Waals surface area (Å²) in [6, 6.07) is 11.3. The first-order valence-corrected chi connectivity index (χ1v) is 7.96. The van der Waals surface area contributed by atoms with E-state index in [1.165, 1.54) is 11.3 Å². The zero-order valence-corrected chi connectivity index (χ0v) is 13.6. The fraction of sp³-hybridized carbons (Fsp3) is 0.188. The van der Waals surface area contributed by atoms with Crippen LogP contribution in [-0.4, -0.2) is 22.0 Å². The van der Waals surface area contributed by atoms with Crippen LogP contribution in [0.15, 0.2) is 40.9 Å². The smallest absolute Gasteiger partial charge is 0.244 e. The van der Waals surface area contributed by atoms with E-state index in [0.717, 1.165) is 5.56 Å². The normalized spacial score (nSPS) is 10.9. The van der Waals surface area contributed by atoms with E-state index in [9.17, 15) is 4.79 Å². The van der Waals surface area contributed by atoms with E-state index >= 15 is 0 Å². The minimum Gasteiger partial charge on any atom is -0.382 e. The summed E-state index contributed by atoms with van der Waals surface area (Å²) in [5.41, 5.74) is 7.34. The molecule has 3 N–H and O–H groups in total. The zero-order valence-electron chi connectivity index (χ0n) is 12.7. The molecule has 0 aliphatic carbocycles. The summed E-state index contributed by atoms with van der Waals surface area (Å²) in [4.78, 5) is 17.1. The number of nitrogens with zero attached hydrogens (tertiary/aromatic N) is 2. The summed E-state index contributed by atoms with van der Waals surface area (Å²) in [6.45, 7) is 3.98. The predicted molar refractivity (Wildman–Crippen MR) is 90.7 cm³/mol. The van der Waals surface area contributed by atoms with E-state index in [1.54, 1.807) is 6.07 Å². The second-order valence-corrected chi connectivity index (χ2v) is 6.30. The van der Waals surface area contributed by atoms with Crippen molar-refractivity contribution in [1.82, 2.24) is 10.1 Å². The van der Waals surface area contributed by atoms with E-state index in [2.05, 4.69) is 15.5 Å². The molecule has 118 valence electrons. The Bertz CT molecular complexity index is 824. The van der Waals surface area contributed by atoms with E-state index in [-0.39, 0.29) is 23.4 Å². The maximum absolute atomic E-state index is 12.5. The van der Waals surface area contributed by atoms with Crippen LogP contribution in [0.25, 0.3) is 11.3 Å². The van der Waals surface area contributed by atoms with Crippen molar-refractivity contribution in [3.05, 3.63) is 47.0 Å². The predicted octanol–water partition coefficient (Wildman–Crippen LogP) is 3.43. The number of carbonyl (C=O) groups is 1. The van der Waals surface area contributed by atoms with Gasteiger partial charge in [0.1, 0.15) is 16.4 Å². The fourth-order valence-corrected chi connectivity index (χ4v) is 3.02. The second kappa shape index (κ2) is 6.21. The number of nitrogens with two attached hydrogens (primary N) is 1. The topological polar surface area (TPSA) is 94.0 Å². The van der Waals surface area contributed by atoms with Crippen molar-refractivity contribution in [2.75, 3.05) is 11.1 Å². The van der Waals surface area contributed by atoms with E-state index in [1.807, 2.05) is 44.2 Å². The van der Waals surface area contributed by atoms with Crippen LogP contribution in [-0.2, 0) is 0 Å². The number of nitrogens with one attached hydrogen (secondary N) is 1. The van der Waals surface area contributed by atoms with Crippen molar-refractivity contribution < 1.29 is 9.32 Å². The third-order valence-electron chi connectivity index (χ3n) is 3.08. The van der Waals surface area contributed by atoms with Gasteiger partial charge in [0.2, 0.25) is 11.5 Å². The van der Waals surface area contributed by atoms with Crippen molar-refractivity contribution in [2.24, 2.45) is 0 Å². The SMILES string of the molecule is CC(C)Nc1nc(N)c(C(=O)c2cc(-c3ccccc3)no2)s1. The summed E-state index contributed by atoms with van der Waals surface area (Å²) in [6.07, 6.45) is 0. The highest BCUT2D eigenvalue weighted by atomic mass is 32.1. The van der Waals surface area contributed by atoms with Gasteiger partial charge in [-0.15, -0.1) is 0 Å². The molecule has 0 saturated carbocycles. The molecule has 0 aliphatic rings. The van der Waals surface area contributed by atoms with Gasteiger partial charge in [0.05, 0.1) is 0 Å². The van der Waals surface area contributed by atoms with Crippen LogP contribution in [0.2, 0.25) is 0 Å². The standard InChI is InChI=1S/C16H16N4O2S/c1-9(2)18-16-19-15(17)14(23-16)13(21)12-8-11(20-22-12)10-6-4-3-5-7-10/h3-9H,17H2,1-2H3,(H,18,19). The average Bonchev–Trinajstić information content (AvgIpc) is 3.14. The molecule has 1 aromatic carbocycles. The Morgan fingerprint density at radius 1 is 1.30 bits per heavy atom. The molecule has 0 saturated heterocycles. The lowest BCUT2D eigenvalue weighted by Crippen LogP contribution is -2.09. The molecule has 23 heavy (non-hydrogen) atoms. The quantitative estimate of drug-likeness (QED) is 0.697. The van der Waals surface area contributed by atoms with Gasteiger partial charge in [-0.2, -0.15) is 0 Å². The Morgan fingerprint density at radius 3 is 2.74 bits per heavy atom. The summed E-state index contributed by atoms with van der Waals surface area (Å²) >= 11 is 1.21. The van der Waals surface area contributed by atoms with Crippen molar-refractivity contribution in [3.63, 3.8) is 0 Å². The highest BCUT2D eigenvalue weighted by Crippen LogP contribution is 2.29. The Balaban J connectivity index is 1.87. The maximum Gasteiger partial charge on any atom is 0.244 e. The largest absolute Gasteiger partial charge is 0.382 e. The molecule has 3 rings (SSSR count). The van der Waals surface area contributed by atoms with Crippen molar-refractivity contribution in [2.45, 2.75) is 19.9 Å². The van der Waals surface area contributed by atoms with Gasteiger partial charge in [-0.05, 0) is 13.8 Å². The molecule has 7 heteroatoms. The third-order valence-corrected chi connectivity index (χ3v) is 4.08. The van der Waals surface area contributed by atoms with Crippen LogP contribution < -0.4 is 11.1 Å². The van der Waals surface area contributed by atoms with Gasteiger partial charge >= 0.3 is 0 Å². The summed E-state index contributed by atoms with van der Waals surface area (Å²) in [5, 5.41) is 7.70. The zero-order chi connectivity index (χ0) is 16.4. The Hall–Kier alpha value is -2.67. The van der Waals surface area contributed by atoms with Gasteiger partial charge in [0, 0.05) is 17.7 Å². The Kier molecular flexibility index (Phi) is 4.12. The summed E-state index contributed by atoms with van der Waals surface area (Å²) < 4.78 is 5.18. The molecule has 2 aromatic heterocycles. The van der Waals surface area contributed by atoms with Gasteiger partial charge in [-0.1, -0.05) is 46.8 Å². The number of anilines is 2. The first kappa shape index (κ1) is 15.2. The van der Waals surface area contributed by atoms with Crippen LogP contribution in [0.1, 0.15) is 29.3 Å². The number of hydrogen-bond acceptors (Lipinski definition) is 7. The molecule has 0 fully saturated rings. The summed E-state index contributed by atoms with van der Waals surface area (Å²) in [5.74, 6) is 0.0302. The number of thiazole rings is 1. The molecule has 0 aliphatic heterocycles. The Morgan fingerprint density at radius 2 is 2.04 bits per heavy atom. The van der Waals surface area contributed by atoms with E-state index < -0.39 is 0 Å². The number of aromatic nitrogens is 2. The lowest BCUT2D eigenvalue weighted by atomic mass is 10.1. The molecular formula is C16H16N4O2S. The molecular weight excluding hydrogens is 312 g/mol. The van der Waals surface area contributed by atoms with Crippen molar-refractivity contribution >= 4 is 28.1 Å². The van der Waals surface area contributed by atoms with Gasteiger partial charge in [0.15, 0.2) is 5.13 Å². The van der Waals surface area contributed by atoms with Crippen LogP contribution in [0.5, 0.6) is 0 Å². The molecule has 0 atom stereocenters. The molecule has 6 nitrogen and oxygen atoms in total. The van der Waals surface area contributed by atoms with Crippen LogP contribution in [0.4, 0.5) is 10.9 Å². The van der Waals surface area contributed by atoms with Crippen molar-refractivity contribution in [3.8, 4) is 11.3 Å². The molecule has 0 unspecified atom stereocenters. The van der Waals surface area contributed by atoms with Crippen LogP contribution in [0, 0.1) is 0 Å². The lowest BCUT2D eigenvalue weighted by Gasteiger charge is -2.03. The Labute approximate surface area is 137 Å². The highest BCUT2D eigenvalue weighted by Gasteiger charge is 2.22. The second-order valence-electron chi connectivity index (χ2n) is 5.30. The minimum atomic E-state index is -0.313. The average molecular weight is 328 g/mol. The van der Waals surface area contributed by atoms with E-state index in [0.29, 0.717) is 15.7 Å². The lowest BCUT2D eigenvalue weighted by molar-refractivity contribution is 0.100. The molecule has 0 spiro atoms. The van der Waals surface area contributed by atoms with Gasteiger partial charge < -0.3 is 15.6 Å². The fourth-order valence-electron chi connectivity index (χ4n) is 2.04. The summed E-state index contributed by atoms with van der Waals surface area (Å²) in [7, 11) is 0. The molecule has 2 heterocycles. The molecule has 0 radical (unpaired) electrons. The number of carbonyl (C=O) groups excluding carboxylic acids is 1. The number of hydrogen-bond donors (Lipinski definition) is 2. The van der Waals surface area contributed by atoms with Crippen molar-refractivity contribution in [1.29, 1.82) is 0 Å². The van der Waals surface area contributed by atoms with Gasteiger partial charge in [-0.25, -0.2) is 4.98 Å². The first-order valence-electron chi connectivity index (χ1n) is 7.14. The van der Waals surface area contributed by atoms with Gasteiger partial charge in [-0.3, -0.25) is 4.79 Å². The third kappa shape index (κ3) is 3.24. The minimum absolute atomic E-state index is 0.148. The van der Waals surface area contributed by atoms with Gasteiger partial charge in [0.25, 0.3) is 0 Å². The maximum atomic E-state index is 12.5. The molecule has 0 amide bonds. The monoisotopic (exact) mass is 328 g/mol. The first-order chi connectivity index (χ1) is 11.0.